The second kappa shape index (κ2) is 22.5. The standard InChI is InChI=1S/C50H78O/c1-11-17-24-40-32-34-42(47(28-21-15-5)45(40)26-19-13-3)36(7)37(8)44-30-23-31-49(51)50(44)39(10)38(9)43-35-33-41(25-18-12-2)46(27-20-14-4)48(43)29-22-16-6/h23,30-39,51H,11-22,24-29H2,1-10H3. The van der Waals surface area contributed by atoms with E-state index in [1.807, 2.05) is 6.07 Å². The van der Waals surface area contributed by atoms with Crippen LogP contribution < -0.4 is 0 Å². The molecule has 1 heteroatoms. The third kappa shape index (κ3) is 11.2. The average Bonchev–Trinajstić information content (AvgIpc) is 3.14. The fourth-order valence-corrected chi connectivity index (χ4v) is 8.72. The Morgan fingerprint density at radius 1 is 0.392 bits per heavy atom. The molecule has 0 amide bonds. The maximum Gasteiger partial charge on any atom is 0.119 e. The van der Waals surface area contributed by atoms with E-state index in [1.165, 1.54) is 120 Å². The molecule has 4 unspecified atom stereocenters. The van der Waals surface area contributed by atoms with Gasteiger partial charge >= 0.3 is 0 Å². The predicted molar refractivity (Wildman–Crippen MR) is 226 cm³/mol. The lowest BCUT2D eigenvalue weighted by molar-refractivity contribution is 0.451. The average molecular weight is 695 g/mol. The number of unbranched alkanes of at least 4 members (excludes halogenated alkanes) is 6. The zero-order valence-electron chi connectivity index (χ0n) is 35.0. The van der Waals surface area contributed by atoms with Gasteiger partial charge in [-0.25, -0.2) is 0 Å². The molecular formula is C50H78O. The summed E-state index contributed by atoms with van der Waals surface area (Å²) in [7, 11) is 0. The van der Waals surface area contributed by atoms with Gasteiger partial charge in [-0.15, -0.1) is 0 Å². The third-order valence-electron chi connectivity index (χ3n) is 12.4. The molecule has 4 atom stereocenters. The SMILES string of the molecule is CCCCc1ccc(C(C)C(C)c2cccc(O)c2C(C)C(C)c2ccc(CCCC)c(CCCC)c2CCCC)c(CCCC)c1CCCC. The van der Waals surface area contributed by atoms with Gasteiger partial charge in [-0.05, 0) is 157 Å². The molecule has 0 spiro atoms. The monoisotopic (exact) mass is 695 g/mol. The van der Waals surface area contributed by atoms with Gasteiger partial charge in [0.25, 0.3) is 0 Å². The van der Waals surface area contributed by atoms with E-state index in [0.717, 1.165) is 12.0 Å². The van der Waals surface area contributed by atoms with Gasteiger partial charge in [-0.2, -0.15) is 0 Å². The van der Waals surface area contributed by atoms with Crippen LogP contribution >= 0.6 is 0 Å². The van der Waals surface area contributed by atoms with Crippen molar-refractivity contribution in [3.05, 3.63) is 98.1 Å². The molecular weight excluding hydrogens is 617 g/mol. The Morgan fingerprint density at radius 2 is 0.745 bits per heavy atom. The van der Waals surface area contributed by atoms with Crippen molar-refractivity contribution in [3.63, 3.8) is 0 Å². The maximum absolute atomic E-state index is 11.7. The van der Waals surface area contributed by atoms with Gasteiger partial charge in [-0.3, -0.25) is 0 Å². The first-order valence-corrected chi connectivity index (χ1v) is 21.8. The molecule has 0 aliphatic heterocycles. The van der Waals surface area contributed by atoms with Crippen molar-refractivity contribution in [2.45, 2.75) is 208 Å². The predicted octanol–water partition coefficient (Wildman–Crippen LogP) is 15.3. The van der Waals surface area contributed by atoms with Crippen molar-refractivity contribution in [3.8, 4) is 5.75 Å². The van der Waals surface area contributed by atoms with Crippen LogP contribution in [0.1, 0.15) is 226 Å². The van der Waals surface area contributed by atoms with E-state index in [-0.39, 0.29) is 5.92 Å². The summed E-state index contributed by atoms with van der Waals surface area (Å²) in [6.07, 6.45) is 22.0. The fourth-order valence-electron chi connectivity index (χ4n) is 8.72. The Labute approximate surface area is 316 Å². The lowest BCUT2D eigenvalue weighted by Gasteiger charge is -2.32. The molecule has 0 fully saturated rings. The van der Waals surface area contributed by atoms with Gasteiger partial charge in [0.1, 0.15) is 5.75 Å². The Balaban J connectivity index is 2.12. The van der Waals surface area contributed by atoms with Gasteiger partial charge in [-0.1, -0.05) is 144 Å². The van der Waals surface area contributed by atoms with Crippen molar-refractivity contribution < 1.29 is 5.11 Å². The van der Waals surface area contributed by atoms with Gasteiger partial charge in [0.05, 0.1) is 0 Å². The fraction of sp³-hybridized carbons (Fsp3) is 0.640. The molecule has 1 N–H and O–H groups in total. The Hall–Kier alpha value is -2.54. The molecule has 0 radical (unpaired) electrons. The third-order valence-corrected chi connectivity index (χ3v) is 12.4. The molecule has 3 rings (SSSR count). The summed E-state index contributed by atoms with van der Waals surface area (Å²) >= 11 is 0. The van der Waals surface area contributed by atoms with Crippen LogP contribution in [-0.2, 0) is 38.5 Å². The highest BCUT2D eigenvalue weighted by atomic mass is 16.3. The Kier molecular flexibility index (Phi) is 18.9. The lowest BCUT2D eigenvalue weighted by Crippen LogP contribution is -2.16. The number of rotatable bonds is 24. The van der Waals surface area contributed by atoms with E-state index in [0.29, 0.717) is 23.5 Å². The number of aromatic hydroxyl groups is 1. The smallest absolute Gasteiger partial charge is 0.119 e. The van der Waals surface area contributed by atoms with E-state index in [1.54, 1.807) is 38.9 Å². The first kappa shape index (κ1) is 42.9. The van der Waals surface area contributed by atoms with Crippen LogP contribution in [0.4, 0.5) is 0 Å². The highest BCUT2D eigenvalue weighted by Crippen LogP contribution is 2.46. The van der Waals surface area contributed by atoms with Crippen LogP contribution in [0.2, 0.25) is 0 Å². The Bertz CT molecular complexity index is 1450. The van der Waals surface area contributed by atoms with Crippen LogP contribution in [0, 0.1) is 0 Å². The zero-order valence-corrected chi connectivity index (χ0v) is 35.0. The lowest BCUT2D eigenvalue weighted by atomic mass is 9.73. The molecule has 0 saturated heterocycles. The van der Waals surface area contributed by atoms with E-state index in [2.05, 4.69) is 106 Å². The minimum atomic E-state index is 0.202. The van der Waals surface area contributed by atoms with Crippen LogP contribution in [-0.4, -0.2) is 5.11 Å². The van der Waals surface area contributed by atoms with Gasteiger partial charge < -0.3 is 5.11 Å². The van der Waals surface area contributed by atoms with Crippen molar-refractivity contribution in [1.82, 2.24) is 0 Å². The molecule has 0 bridgehead atoms. The first-order valence-electron chi connectivity index (χ1n) is 21.8. The quantitative estimate of drug-likeness (QED) is 0.0989. The first-order chi connectivity index (χ1) is 24.7. The highest BCUT2D eigenvalue weighted by molar-refractivity contribution is 5.50. The summed E-state index contributed by atoms with van der Waals surface area (Å²) in [5.74, 6) is 1.63. The second-order valence-electron chi connectivity index (χ2n) is 16.1. The summed E-state index contributed by atoms with van der Waals surface area (Å²) in [5.41, 5.74) is 15.3. The molecule has 0 saturated carbocycles. The van der Waals surface area contributed by atoms with Gasteiger partial charge in [0.15, 0.2) is 0 Å². The molecule has 0 heterocycles. The van der Waals surface area contributed by atoms with Gasteiger partial charge in [0.2, 0.25) is 0 Å². The number of phenols is 1. The van der Waals surface area contributed by atoms with Crippen molar-refractivity contribution in [2.75, 3.05) is 0 Å². The van der Waals surface area contributed by atoms with Gasteiger partial charge in [0, 0.05) is 5.56 Å². The van der Waals surface area contributed by atoms with Crippen LogP contribution in [0.15, 0.2) is 42.5 Å². The van der Waals surface area contributed by atoms with Crippen LogP contribution in [0.3, 0.4) is 0 Å². The van der Waals surface area contributed by atoms with E-state index >= 15 is 0 Å². The topological polar surface area (TPSA) is 20.2 Å². The van der Waals surface area contributed by atoms with Crippen molar-refractivity contribution >= 4 is 0 Å². The number of phenolic OH excluding ortho intramolecular Hbond substituents is 1. The minimum Gasteiger partial charge on any atom is -0.508 e. The molecule has 0 aromatic heterocycles. The van der Waals surface area contributed by atoms with E-state index < -0.39 is 0 Å². The summed E-state index contributed by atoms with van der Waals surface area (Å²) in [5, 5.41) is 11.7. The van der Waals surface area contributed by atoms with Crippen molar-refractivity contribution in [2.24, 2.45) is 0 Å². The minimum absolute atomic E-state index is 0.202. The Morgan fingerprint density at radius 3 is 1.16 bits per heavy atom. The maximum atomic E-state index is 11.7. The molecule has 51 heavy (non-hydrogen) atoms. The number of hydrogen-bond donors (Lipinski definition) is 1. The van der Waals surface area contributed by atoms with Crippen molar-refractivity contribution in [1.29, 1.82) is 0 Å². The number of hydrogen-bond acceptors (Lipinski definition) is 1. The molecule has 0 aliphatic carbocycles. The zero-order chi connectivity index (χ0) is 37.3. The molecule has 3 aromatic carbocycles. The molecule has 1 nitrogen and oxygen atoms in total. The summed E-state index contributed by atoms with van der Waals surface area (Å²) < 4.78 is 0. The van der Waals surface area contributed by atoms with E-state index in [9.17, 15) is 5.11 Å². The van der Waals surface area contributed by atoms with E-state index in [4.69, 9.17) is 0 Å². The van der Waals surface area contributed by atoms with Crippen LogP contribution in [0.25, 0.3) is 0 Å². The largest absolute Gasteiger partial charge is 0.508 e. The normalized spacial score (nSPS) is 14.1. The number of aryl methyl sites for hydroxylation is 2. The highest BCUT2D eigenvalue weighted by Gasteiger charge is 2.30. The molecule has 284 valence electrons. The number of benzene rings is 3. The summed E-state index contributed by atoms with van der Waals surface area (Å²) in [4.78, 5) is 0. The second-order valence-corrected chi connectivity index (χ2v) is 16.1. The molecule has 3 aromatic rings. The van der Waals surface area contributed by atoms with Crippen LogP contribution in [0.5, 0.6) is 5.75 Å². The summed E-state index contributed by atoms with van der Waals surface area (Å²) in [6, 6.07) is 16.3. The summed E-state index contributed by atoms with van der Waals surface area (Å²) in [6.45, 7) is 23.7. The molecule has 0 aliphatic rings.